The van der Waals surface area contributed by atoms with Crippen molar-refractivity contribution in [1.29, 1.82) is 0 Å². The van der Waals surface area contributed by atoms with Crippen LogP contribution in [0.3, 0.4) is 0 Å². The van der Waals surface area contributed by atoms with Crippen LogP contribution in [0.25, 0.3) is 0 Å². The van der Waals surface area contributed by atoms with Gasteiger partial charge < -0.3 is 10.2 Å². The fourth-order valence-corrected chi connectivity index (χ4v) is 5.05. The maximum Gasteiger partial charge on any atom is 0.0652 e. The van der Waals surface area contributed by atoms with E-state index in [2.05, 4.69) is 108 Å². The lowest BCUT2D eigenvalue weighted by atomic mass is 9.63. The predicted molar refractivity (Wildman–Crippen MR) is 140 cm³/mol. The zero-order valence-corrected chi connectivity index (χ0v) is 21.8. The van der Waals surface area contributed by atoms with Crippen molar-refractivity contribution in [3.8, 4) is 0 Å². The molecule has 0 aliphatic heterocycles. The highest BCUT2D eigenvalue weighted by molar-refractivity contribution is 5.79. The molecular weight excluding hydrogens is 376 g/mol. The third-order valence-corrected chi connectivity index (χ3v) is 7.05. The molecule has 3 rings (SSSR count). The van der Waals surface area contributed by atoms with Gasteiger partial charge in [0.2, 0.25) is 0 Å². The summed E-state index contributed by atoms with van der Waals surface area (Å²) < 4.78 is 0. The first kappa shape index (κ1) is 25.3. The average molecular weight is 423 g/mol. The number of nitrogens with one attached hydrogen (secondary N) is 1. The van der Waals surface area contributed by atoms with Crippen molar-refractivity contribution < 1.29 is 0 Å². The molecule has 2 aromatic carbocycles. The summed E-state index contributed by atoms with van der Waals surface area (Å²) in [7, 11) is 2.06. The molecule has 31 heavy (non-hydrogen) atoms. The second-order valence-corrected chi connectivity index (χ2v) is 10.4. The summed E-state index contributed by atoms with van der Waals surface area (Å²) in [6.07, 6.45) is 3.58. The van der Waals surface area contributed by atoms with Gasteiger partial charge in [0.15, 0.2) is 0 Å². The van der Waals surface area contributed by atoms with Gasteiger partial charge in [0.1, 0.15) is 0 Å². The fourth-order valence-electron chi connectivity index (χ4n) is 5.05. The number of fused-ring (bicyclic) bond motifs is 1. The van der Waals surface area contributed by atoms with Gasteiger partial charge in [-0.15, -0.1) is 0 Å². The smallest absolute Gasteiger partial charge is 0.0652 e. The minimum absolute atomic E-state index is 0.202. The summed E-state index contributed by atoms with van der Waals surface area (Å²) in [4.78, 5) is 2.58. The molecule has 1 unspecified atom stereocenters. The molecular formula is C29H46N2. The summed E-state index contributed by atoms with van der Waals surface area (Å²) >= 11 is 0. The topological polar surface area (TPSA) is 15.3 Å². The Kier molecular flexibility index (Phi) is 8.25. The maximum absolute atomic E-state index is 3.54. The third-order valence-electron chi connectivity index (χ3n) is 7.05. The minimum atomic E-state index is 0.202. The largest absolute Gasteiger partial charge is 0.386 e. The van der Waals surface area contributed by atoms with Gasteiger partial charge in [-0.3, -0.25) is 0 Å². The first-order chi connectivity index (χ1) is 14.6. The van der Waals surface area contributed by atoms with Gasteiger partial charge in [-0.05, 0) is 71.4 Å². The van der Waals surface area contributed by atoms with Crippen LogP contribution in [0.4, 0.5) is 17.1 Å². The Labute approximate surface area is 192 Å². The van der Waals surface area contributed by atoms with Gasteiger partial charge in [0, 0.05) is 18.8 Å². The van der Waals surface area contributed by atoms with Crippen molar-refractivity contribution in [2.24, 2.45) is 5.92 Å². The number of hydrogen-bond acceptors (Lipinski definition) is 2. The van der Waals surface area contributed by atoms with Crippen LogP contribution in [0.15, 0.2) is 42.5 Å². The Morgan fingerprint density at radius 1 is 0.903 bits per heavy atom. The van der Waals surface area contributed by atoms with Crippen molar-refractivity contribution in [3.05, 3.63) is 53.6 Å². The molecule has 0 fully saturated rings. The summed E-state index contributed by atoms with van der Waals surface area (Å²) in [6, 6.07) is 16.3. The Hall–Kier alpha value is -1.96. The zero-order valence-electron chi connectivity index (χ0n) is 21.8. The highest BCUT2D eigenvalue weighted by Gasteiger charge is 2.38. The molecule has 2 aromatic rings. The monoisotopic (exact) mass is 422 g/mol. The molecule has 1 N–H and O–H groups in total. The number of nitrogens with zero attached hydrogens (tertiary/aromatic N) is 1. The molecule has 1 atom stereocenters. The Morgan fingerprint density at radius 2 is 1.42 bits per heavy atom. The molecule has 0 aromatic heterocycles. The van der Waals surface area contributed by atoms with Gasteiger partial charge >= 0.3 is 0 Å². The van der Waals surface area contributed by atoms with Crippen LogP contribution in [0.2, 0.25) is 0 Å². The zero-order chi connectivity index (χ0) is 23.4. The maximum atomic E-state index is 3.54. The van der Waals surface area contributed by atoms with Crippen LogP contribution in [0.5, 0.6) is 0 Å². The number of para-hydroxylation sites is 1. The van der Waals surface area contributed by atoms with Gasteiger partial charge in [0.25, 0.3) is 0 Å². The molecule has 2 nitrogen and oxygen atoms in total. The molecule has 0 spiro atoms. The first-order valence-corrected chi connectivity index (χ1v) is 12.3. The number of rotatable bonds is 6. The van der Waals surface area contributed by atoms with Crippen molar-refractivity contribution in [2.45, 2.75) is 98.4 Å². The van der Waals surface area contributed by atoms with Gasteiger partial charge in [-0.25, -0.2) is 0 Å². The van der Waals surface area contributed by atoms with E-state index in [0.29, 0.717) is 12.0 Å². The van der Waals surface area contributed by atoms with E-state index in [9.17, 15) is 0 Å². The van der Waals surface area contributed by atoms with Crippen LogP contribution in [0.1, 0.15) is 92.7 Å². The summed E-state index contributed by atoms with van der Waals surface area (Å²) in [6.45, 7) is 20.6. The fraction of sp³-hybridized carbons (Fsp3) is 0.586. The quantitative estimate of drug-likeness (QED) is 0.501. The normalized spacial score (nSPS) is 17.3. The first-order valence-electron chi connectivity index (χ1n) is 12.3. The van der Waals surface area contributed by atoms with Gasteiger partial charge in [0.05, 0.1) is 11.4 Å². The highest BCUT2D eigenvalue weighted by atomic mass is 15.2. The van der Waals surface area contributed by atoms with E-state index in [1.807, 2.05) is 13.8 Å². The molecule has 0 saturated heterocycles. The van der Waals surface area contributed by atoms with Crippen molar-refractivity contribution in [2.75, 3.05) is 17.3 Å². The van der Waals surface area contributed by atoms with Crippen LogP contribution in [-0.4, -0.2) is 13.1 Å². The van der Waals surface area contributed by atoms with Gasteiger partial charge in [-0.2, -0.15) is 0 Å². The molecule has 0 heterocycles. The van der Waals surface area contributed by atoms with E-state index in [1.165, 1.54) is 41.0 Å². The minimum Gasteiger partial charge on any atom is -0.386 e. The Balaban J connectivity index is 0.00000166. The van der Waals surface area contributed by atoms with Crippen LogP contribution < -0.4 is 10.2 Å². The van der Waals surface area contributed by atoms with E-state index in [4.69, 9.17) is 0 Å². The predicted octanol–water partition coefficient (Wildman–Crippen LogP) is 8.68. The van der Waals surface area contributed by atoms with E-state index in [1.54, 1.807) is 0 Å². The van der Waals surface area contributed by atoms with Crippen LogP contribution in [0, 0.1) is 5.92 Å². The van der Waals surface area contributed by atoms with Crippen molar-refractivity contribution in [3.63, 3.8) is 0 Å². The van der Waals surface area contributed by atoms with Gasteiger partial charge in [-0.1, -0.05) is 80.5 Å². The lowest BCUT2D eigenvalue weighted by Crippen LogP contribution is -2.37. The van der Waals surface area contributed by atoms with Crippen LogP contribution >= 0.6 is 0 Å². The molecule has 1 aliphatic carbocycles. The summed E-state index contributed by atoms with van der Waals surface area (Å²) in [5.74, 6) is 0.561. The average Bonchev–Trinajstić information content (AvgIpc) is 2.76. The van der Waals surface area contributed by atoms with E-state index >= 15 is 0 Å². The number of benzene rings is 2. The second kappa shape index (κ2) is 10.1. The molecule has 172 valence electrons. The number of hydrogen-bond donors (Lipinski definition) is 1. The molecule has 0 bridgehead atoms. The second-order valence-electron chi connectivity index (χ2n) is 10.4. The highest BCUT2D eigenvalue weighted by Crippen LogP contribution is 2.50. The Bertz CT molecular complexity index is 833. The van der Waals surface area contributed by atoms with Crippen molar-refractivity contribution in [1.82, 2.24) is 0 Å². The summed E-state index contributed by atoms with van der Waals surface area (Å²) in [5.41, 5.74) is 7.26. The molecule has 2 heteroatoms. The lowest BCUT2D eigenvalue weighted by Gasteiger charge is -2.44. The Morgan fingerprint density at radius 3 is 1.87 bits per heavy atom. The van der Waals surface area contributed by atoms with E-state index < -0.39 is 0 Å². The van der Waals surface area contributed by atoms with E-state index in [0.717, 1.165) is 6.42 Å². The molecule has 0 saturated carbocycles. The molecule has 0 amide bonds. The molecule has 1 aliphatic rings. The lowest BCUT2D eigenvalue weighted by molar-refractivity contribution is 0.332. The van der Waals surface area contributed by atoms with Crippen LogP contribution in [-0.2, 0) is 10.8 Å². The van der Waals surface area contributed by atoms with Crippen molar-refractivity contribution >= 4 is 17.1 Å². The third kappa shape index (κ3) is 5.10. The molecule has 0 radical (unpaired) electrons. The standard InChI is InChI=1S/C27H40N2.C2H6/c1-9-24(19(2)3)29(20-13-11-10-12-14-20)25-18-22-21(17-23(25)28-8)26(4,5)15-16-27(22,6)7;1-2/h10-14,17-19,24,28H,9,15-16H2,1-8H3;1-2H3. The van der Waals surface area contributed by atoms with E-state index in [-0.39, 0.29) is 10.8 Å². The number of anilines is 3. The SMILES string of the molecule is CC.CCC(C(C)C)N(c1ccccc1)c1cc2c(cc1NC)C(C)(C)CCC2(C)C. The summed E-state index contributed by atoms with van der Waals surface area (Å²) in [5, 5.41) is 3.54.